The quantitative estimate of drug-likeness (QED) is 0.648. The third-order valence-corrected chi connectivity index (χ3v) is 3.90. The van der Waals surface area contributed by atoms with Gasteiger partial charge in [-0.05, 0) is 36.4 Å². The van der Waals surface area contributed by atoms with Gasteiger partial charge in [-0.15, -0.1) is 11.6 Å². The lowest BCUT2D eigenvalue weighted by atomic mass is 10.2. The van der Waals surface area contributed by atoms with Crippen molar-refractivity contribution >= 4 is 38.6 Å². The van der Waals surface area contributed by atoms with Gasteiger partial charge in [0.2, 0.25) is 0 Å². The van der Waals surface area contributed by atoms with Crippen LogP contribution in [0.5, 0.6) is 5.75 Å². The molecule has 20 heavy (non-hydrogen) atoms. The molecule has 3 aromatic rings. The first kappa shape index (κ1) is 13.5. The number of alkyl halides is 1. The molecule has 0 amide bonds. The molecule has 1 aromatic heterocycles. The summed E-state index contributed by atoms with van der Waals surface area (Å²) in [5, 5.41) is 0. The predicted molar refractivity (Wildman–Crippen MR) is 84.9 cm³/mol. The Bertz CT molecular complexity index is 752. The molecule has 0 fully saturated rings. The van der Waals surface area contributed by atoms with Gasteiger partial charge in [0.25, 0.3) is 0 Å². The molecule has 1 heterocycles. The molecule has 2 aromatic carbocycles. The van der Waals surface area contributed by atoms with Crippen molar-refractivity contribution in [2.24, 2.45) is 0 Å². The van der Waals surface area contributed by atoms with E-state index in [9.17, 15) is 0 Å². The average molecular weight is 352 g/mol. The zero-order chi connectivity index (χ0) is 14.1. The van der Waals surface area contributed by atoms with E-state index in [1.165, 1.54) is 0 Å². The third-order valence-electron chi connectivity index (χ3n) is 3.14. The first-order chi connectivity index (χ1) is 9.72. The van der Waals surface area contributed by atoms with Crippen LogP contribution < -0.4 is 4.74 Å². The minimum absolute atomic E-state index is 0.354. The number of nitrogens with zero attached hydrogens (tertiary/aromatic N) is 2. The standard InChI is InChI=1S/C15H12BrClN2O/c1-20-12-6-7-14-13(8-12)18-15(9-17)19(14)11-4-2-10(16)3-5-11/h2-8H,9H2,1H3. The summed E-state index contributed by atoms with van der Waals surface area (Å²) in [4.78, 5) is 4.58. The first-order valence-electron chi connectivity index (χ1n) is 6.10. The summed E-state index contributed by atoms with van der Waals surface area (Å²) >= 11 is 9.48. The van der Waals surface area contributed by atoms with Crippen LogP contribution in [0.15, 0.2) is 46.9 Å². The zero-order valence-corrected chi connectivity index (χ0v) is 13.1. The van der Waals surface area contributed by atoms with E-state index in [0.717, 1.165) is 32.8 Å². The summed E-state index contributed by atoms with van der Waals surface area (Å²) in [6.07, 6.45) is 0. The van der Waals surface area contributed by atoms with Crippen molar-refractivity contribution in [1.29, 1.82) is 0 Å². The normalized spacial score (nSPS) is 10.9. The second-order valence-corrected chi connectivity index (χ2v) is 5.51. The average Bonchev–Trinajstić information content (AvgIpc) is 2.85. The number of methoxy groups -OCH3 is 1. The van der Waals surface area contributed by atoms with Crippen LogP contribution in [0.4, 0.5) is 0 Å². The molecule has 0 bridgehead atoms. The highest BCUT2D eigenvalue weighted by molar-refractivity contribution is 9.10. The Hall–Kier alpha value is -1.52. The highest BCUT2D eigenvalue weighted by Crippen LogP contribution is 2.26. The molecule has 102 valence electrons. The topological polar surface area (TPSA) is 27.1 Å². The fraction of sp³-hybridized carbons (Fsp3) is 0.133. The van der Waals surface area contributed by atoms with Gasteiger partial charge < -0.3 is 4.74 Å². The number of ether oxygens (including phenoxy) is 1. The molecule has 0 atom stereocenters. The summed E-state index contributed by atoms with van der Waals surface area (Å²) in [7, 11) is 1.65. The minimum Gasteiger partial charge on any atom is -0.497 e. The van der Waals surface area contributed by atoms with Gasteiger partial charge >= 0.3 is 0 Å². The summed E-state index contributed by atoms with van der Waals surface area (Å²) in [6, 6.07) is 13.9. The molecule has 0 radical (unpaired) electrons. The van der Waals surface area contributed by atoms with Crippen molar-refractivity contribution in [3.63, 3.8) is 0 Å². The monoisotopic (exact) mass is 350 g/mol. The third kappa shape index (κ3) is 2.30. The molecule has 0 N–H and O–H groups in total. The molecule has 0 spiro atoms. The van der Waals surface area contributed by atoms with E-state index in [4.69, 9.17) is 16.3 Å². The number of hydrogen-bond acceptors (Lipinski definition) is 2. The lowest BCUT2D eigenvalue weighted by Gasteiger charge is -2.08. The Morgan fingerprint density at radius 2 is 1.95 bits per heavy atom. The van der Waals surface area contributed by atoms with E-state index in [2.05, 4.69) is 25.5 Å². The molecule has 0 saturated carbocycles. The van der Waals surface area contributed by atoms with Crippen LogP contribution >= 0.6 is 27.5 Å². The number of benzene rings is 2. The van der Waals surface area contributed by atoms with Crippen LogP contribution in [-0.2, 0) is 5.88 Å². The molecule has 0 unspecified atom stereocenters. The maximum absolute atomic E-state index is 6.03. The van der Waals surface area contributed by atoms with Crippen LogP contribution in [0.1, 0.15) is 5.82 Å². The van der Waals surface area contributed by atoms with Gasteiger partial charge in [-0.1, -0.05) is 15.9 Å². The van der Waals surface area contributed by atoms with Crippen molar-refractivity contribution in [2.45, 2.75) is 5.88 Å². The number of fused-ring (bicyclic) bond motifs is 1. The van der Waals surface area contributed by atoms with Gasteiger partial charge in [0.1, 0.15) is 11.6 Å². The zero-order valence-electron chi connectivity index (χ0n) is 10.8. The van der Waals surface area contributed by atoms with Crippen LogP contribution in [0, 0.1) is 0 Å². The number of rotatable bonds is 3. The van der Waals surface area contributed by atoms with Crippen molar-refractivity contribution < 1.29 is 4.74 Å². The van der Waals surface area contributed by atoms with E-state index in [1.807, 2.05) is 42.5 Å². The van der Waals surface area contributed by atoms with E-state index < -0.39 is 0 Å². The Kier molecular flexibility index (Phi) is 3.68. The first-order valence-corrected chi connectivity index (χ1v) is 7.43. The lowest BCUT2D eigenvalue weighted by molar-refractivity contribution is 0.415. The molecule has 3 nitrogen and oxygen atoms in total. The number of aromatic nitrogens is 2. The smallest absolute Gasteiger partial charge is 0.129 e. The van der Waals surface area contributed by atoms with Crippen LogP contribution in [0.3, 0.4) is 0 Å². The Morgan fingerprint density at radius 3 is 2.60 bits per heavy atom. The molecule has 0 aliphatic rings. The minimum atomic E-state index is 0.354. The van der Waals surface area contributed by atoms with Gasteiger partial charge in [-0.2, -0.15) is 0 Å². The lowest BCUT2D eigenvalue weighted by Crippen LogP contribution is -1.98. The second-order valence-electron chi connectivity index (χ2n) is 4.33. The van der Waals surface area contributed by atoms with E-state index in [1.54, 1.807) is 7.11 Å². The van der Waals surface area contributed by atoms with Crippen molar-refractivity contribution in [2.75, 3.05) is 7.11 Å². The second kappa shape index (κ2) is 5.46. The van der Waals surface area contributed by atoms with Crippen molar-refractivity contribution in [3.05, 3.63) is 52.8 Å². The molecule has 0 aliphatic heterocycles. The largest absolute Gasteiger partial charge is 0.497 e. The fourth-order valence-corrected chi connectivity index (χ4v) is 2.65. The van der Waals surface area contributed by atoms with Gasteiger partial charge in [0.15, 0.2) is 0 Å². The summed E-state index contributed by atoms with van der Waals surface area (Å²) in [5.74, 6) is 1.96. The predicted octanol–water partition coefficient (Wildman–Crippen LogP) is 4.54. The Balaban J connectivity index is 2.25. The molecule has 5 heteroatoms. The van der Waals surface area contributed by atoms with E-state index in [-0.39, 0.29) is 0 Å². The molecule has 3 rings (SSSR count). The Morgan fingerprint density at radius 1 is 1.20 bits per heavy atom. The molecule has 0 saturated heterocycles. The van der Waals surface area contributed by atoms with Gasteiger partial charge in [0.05, 0.1) is 24.0 Å². The molecule has 0 aliphatic carbocycles. The van der Waals surface area contributed by atoms with Crippen LogP contribution in [-0.4, -0.2) is 16.7 Å². The number of halogens is 2. The molecular formula is C15H12BrClN2O. The fourth-order valence-electron chi connectivity index (χ4n) is 2.20. The maximum atomic E-state index is 6.03. The highest BCUT2D eigenvalue weighted by Gasteiger charge is 2.12. The van der Waals surface area contributed by atoms with Crippen molar-refractivity contribution in [1.82, 2.24) is 9.55 Å². The van der Waals surface area contributed by atoms with Crippen LogP contribution in [0.25, 0.3) is 16.7 Å². The Labute approximate surface area is 130 Å². The van der Waals surface area contributed by atoms with E-state index in [0.29, 0.717) is 5.88 Å². The number of imidazole rings is 1. The van der Waals surface area contributed by atoms with Crippen molar-refractivity contribution in [3.8, 4) is 11.4 Å². The summed E-state index contributed by atoms with van der Waals surface area (Å²) < 4.78 is 8.34. The van der Waals surface area contributed by atoms with Gasteiger partial charge in [-0.25, -0.2) is 4.98 Å². The maximum Gasteiger partial charge on any atom is 0.129 e. The highest BCUT2D eigenvalue weighted by atomic mass is 79.9. The van der Waals surface area contributed by atoms with Gasteiger partial charge in [0, 0.05) is 16.2 Å². The van der Waals surface area contributed by atoms with E-state index >= 15 is 0 Å². The number of hydrogen-bond donors (Lipinski definition) is 0. The SMILES string of the molecule is COc1ccc2c(c1)nc(CCl)n2-c1ccc(Br)cc1. The van der Waals surface area contributed by atoms with Crippen LogP contribution in [0.2, 0.25) is 0 Å². The summed E-state index contributed by atoms with van der Waals surface area (Å²) in [6.45, 7) is 0. The summed E-state index contributed by atoms with van der Waals surface area (Å²) in [5.41, 5.74) is 2.93. The van der Waals surface area contributed by atoms with Gasteiger partial charge in [-0.3, -0.25) is 4.57 Å². The molecular weight excluding hydrogens is 340 g/mol.